The SMILES string of the molecule is Cc1c(C(N)C(=O)O)c2ccc(Br)cc2n1C. The third-order valence-corrected chi connectivity index (χ3v) is 3.57. The zero-order valence-electron chi connectivity index (χ0n) is 9.57. The van der Waals surface area contributed by atoms with Crippen LogP contribution in [0.1, 0.15) is 17.3 Å². The fourth-order valence-corrected chi connectivity index (χ4v) is 2.43. The summed E-state index contributed by atoms with van der Waals surface area (Å²) in [7, 11) is 1.90. The van der Waals surface area contributed by atoms with Gasteiger partial charge in [0.2, 0.25) is 0 Å². The number of carbonyl (C=O) groups is 1. The fraction of sp³-hybridized carbons (Fsp3) is 0.250. The highest BCUT2D eigenvalue weighted by Gasteiger charge is 2.22. The first-order chi connectivity index (χ1) is 7.93. The van der Waals surface area contributed by atoms with Gasteiger partial charge in [-0.3, -0.25) is 4.79 Å². The second kappa shape index (κ2) is 4.16. The Morgan fingerprint density at radius 1 is 1.53 bits per heavy atom. The molecule has 0 saturated heterocycles. The van der Waals surface area contributed by atoms with Crippen LogP contribution in [-0.2, 0) is 11.8 Å². The number of halogens is 1. The Balaban J connectivity index is 2.80. The number of hydrogen-bond donors (Lipinski definition) is 2. The normalized spacial score (nSPS) is 12.9. The van der Waals surface area contributed by atoms with Crippen LogP contribution in [0.15, 0.2) is 22.7 Å². The van der Waals surface area contributed by atoms with Crippen molar-refractivity contribution in [3.05, 3.63) is 33.9 Å². The van der Waals surface area contributed by atoms with Gasteiger partial charge in [0.25, 0.3) is 0 Å². The lowest BCUT2D eigenvalue weighted by molar-refractivity contribution is -0.138. The molecule has 0 aliphatic heterocycles. The summed E-state index contributed by atoms with van der Waals surface area (Å²) < 4.78 is 2.92. The molecule has 0 saturated carbocycles. The Hall–Kier alpha value is -1.33. The lowest BCUT2D eigenvalue weighted by Gasteiger charge is -2.07. The highest BCUT2D eigenvalue weighted by atomic mass is 79.9. The molecule has 2 rings (SSSR count). The molecule has 0 amide bonds. The van der Waals surface area contributed by atoms with E-state index in [2.05, 4.69) is 15.9 Å². The molecule has 5 heteroatoms. The summed E-state index contributed by atoms with van der Waals surface area (Å²) in [5.41, 5.74) is 8.27. The van der Waals surface area contributed by atoms with Gasteiger partial charge in [0.15, 0.2) is 0 Å². The minimum absolute atomic E-state index is 0.683. The Bertz CT molecular complexity index is 604. The second-order valence-electron chi connectivity index (χ2n) is 4.04. The number of fused-ring (bicyclic) bond motifs is 1. The zero-order valence-corrected chi connectivity index (χ0v) is 11.2. The van der Waals surface area contributed by atoms with E-state index in [1.165, 1.54) is 0 Å². The van der Waals surface area contributed by atoms with Gasteiger partial charge in [0.05, 0.1) is 0 Å². The quantitative estimate of drug-likeness (QED) is 0.894. The molecule has 1 unspecified atom stereocenters. The van der Waals surface area contributed by atoms with Crippen LogP contribution in [0.25, 0.3) is 10.9 Å². The maximum absolute atomic E-state index is 11.0. The Labute approximate surface area is 107 Å². The molecule has 0 aliphatic rings. The monoisotopic (exact) mass is 296 g/mol. The van der Waals surface area contributed by atoms with Crippen LogP contribution >= 0.6 is 15.9 Å². The Morgan fingerprint density at radius 3 is 2.76 bits per heavy atom. The summed E-state index contributed by atoms with van der Waals surface area (Å²) in [6.07, 6.45) is 0. The van der Waals surface area contributed by atoms with Gasteiger partial charge in [0, 0.05) is 33.7 Å². The molecule has 0 radical (unpaired) electrons. The van der Waals surface area contributed by atoms with Gasteiger partial charge in [0.1, 0.15) is 6.04 Å². The molecule has 1 aromatic carbocycles. The summed E-state index contributed by atoms with van der Waals surface area (Å²) in [5.74, 6) is -1.01. The molecule has 2 aromatic rings. The van der Waals surface area contributed by atoms with Gasteiger partial charge in [-0.25, -0.2) is 0 Å². The van der Waals surface area contributed by atoms with Gasteiger partial charge in [-0.2, -0.15) is 0 Å². The molecule has 0 bridgehead atoms. The van der Waals surface area contributed by atoms with Crippen LogP contribution in [0.4, 0.5) is 0 Å². The fourth-order valence-electron chi connectivity index (χ4n) is 2.08. The van der Waals surface area contributed by atoms with Crippen molar-refractivity contribution in [3.63, 3.8) is 0 Å². The van der Waals surface area contributed by atoms with E-state index in [0.717, 1.165) is 21.1 Å². The Kier molecular flexibility index (Phi) is 2.97. The van der Waals surface area contributed by atoms with Crippen molar-refractivity contribution < 1.29 is 9.90 Å². The van der Waals surface area contributed by atoms with Crippen LogP contribution < -0.4 is 5.73 Å². The number of benzene rings is 1. The van der Waals surface area contributed by atoms with E-state index in [0.29, 0.717) is 5.56 Å². The lowest BCUT2D eigenvalue weighted by atomic mass is 10.0. The molecule has 1 aromatic heterocycles. The number of nitrogens with zero attached hydrogens (tertiary/aromatic N) is 1. The number of hydrogen-bond acceptors (Lipinski definition) is 2. The summed E-state index contributed by atoms with van der Waals surface area (Å²) in [4.78, 5) is 11.0. The molecule has 1 heterocycles. The van der Waals surface area contributed by atoms with Crippen molar-refractivity contribution in [2.24, 2.45) is 12.8 Å². The summed E-state index contributed by atoms with van der Waals surface area (Å²) in [6.45, 7) is 1.88. The third kappa shape index (κ3) is 1.85. The first kappa shape index (κ1) is 12.1. The average molecular weight is 297 g/mol. The molecule has 4 nitrogen and oxygen atoms in total. The standard InChI is InChI=1S/C12H13BrN2O2/c1-6-10(11(14)12(16)17)8-4-3-7(13)5-9(8)15(6)2/h3-5,11H,14H2,1-2H3,(H,16,17). The van der Waals surface area contributed by atoms with Crippen LogP contribution in [0.5, 0.6) is 0 Å². The minimum atomic E-state index is -1.01. The predicted molar refractivity (Wildman–Crippen MR) is 69.9 cm³/mol. The van der Waals surface area contributed by atoms with Crippen LogP contribution in [0.2, 0.25) is 0 Å². The molecule has 0 spiro atoms. The molecule has 0 fully saturated rings. The van der Waals surface area contributed by atoms with Crippen LogP contribution in [0, 0.1) is 6.92 Å². The average Bonchev–Trinajstić information content (AvgIpc) is 2.51. The number of carboxylic acids is 1. The Morgan fingerprint density at radius 2 is 2.18 bits per heavy atom. The molecule has 1 atom stereocenters. The molecular formula is C12H13BrN2O2. The smallest absolute Gasteiger partial charge is 0.325 e. The predicted octanol–water partition coefficient (Wildman–Crippen LogP) is 2.33. The summed E-state index contributed by atoms with van der Waals surface area (Å²) in [6, 6.07) is 4.75. The number of carboxylic acid groups (broad SMARTS) is 1. The minimum Gasteiger partial charge on any atom is -0.480 e. The maximum atomic E-state index is 11.0. The second-order valence-corrected chi connectivity index (χ2v) is 4.95. The molecular weight excluding hydrogens is 284 g/mol. The highest BCUT2D eigenvalue weighted by Crippen LogP contribution is 2.31. The molecule has 17 heavy (non-hydrogen) atoms. The number of nitrogens with two attached hydrogens (primary N) is 1. The van der Waals surface area contributed by atoms with E-state index in [9.17, 15) is 4.79 Å². The van der Waals surface area contributed by atoms with Crippen molar-refractivity contribution in [2.45, 2.75) is 13.0 Å². The topological polar surface area (TPSA) is 68.2 Å². The van der Waals surface area contributed by atoms with E-state index in [1.54, 1.807) is 0 Å². The van der Waals surface area contributed by atoms with E-state index in [-0.39, 0.29) is 0 Å². The zero-order chi connectivity index (χ0) is 12.7. The number of rotatable bonds is 2. The van der Waals surface area contributed by atoms with Gasteiger partial charge >= 0.3 is 5.97 Å². The van der Waals surface area contributed by atoms with Gasteiger partial charge in [-0.15, -0.1) is 0 Å². The van der Waals surface area contributed by atoms with Crippen molar-refractivity contribution in [2.75, 3.05) is 0 Å². The number of aliphatic carboxylic acids is 1. The highest BCUT2D eigenvalue weighted by molar-refractivity contribution is 9.10. The largest absolute Gasteiger partial charge is 0.480 e. The van der Waals surface area contributed by atoms with Gasteiger partial charge in [-0.1, -0.05) is 22.0 Å². The lowest BCUT2D eigenvalue weighted by Crippen LogP contribution is -2.21. The van der Waals surface area contributed by atoms with E-state index in [1.807, 2.05) is 36.7 Å². The van der Waals surface area contributed by atoms with E-state index in [4.69, 9.17) is 10.8 Å². The molecule has 90 valence electrons. The summed E-state index contributed by atoms with van der Waals surface area (Å²) >= 11 is 3.41. The van der Waals surface area contributed by atoms with Crippen LogP contribution in [-0.4, -0.2) is 15.6 Å². The molecule has 0 aliphatic carbocycles. The molecule has 3 N–H and O–H groups in total. The third-order valence-electron chi connectivity index (χ3n) is 3.08. The summed E-state index contributed by atoms with van der Waals surface area (Å²) in [5, 5.41) is 9.93. The van der Waals surface area contributed by atoms with E-state index < -0.39 is 12.0 Å². The van der Waals surface area contributed by atoms with Crippen LogP contribution in [0.3, 0.4) is 0 Å². The number of aromatic nitrogens is 1. The van der Waals surface area contributed by atoms with Crippen molar-refractivity contribution in [1.82, 2.24) is 4.57 Å². The van der Waals surface area contributed by atoms with Crippen molar-refractivity contribution in [3.8, 4) is 0 Å². The van der Waals surface area contributed by atoms with E-state index >= 15 is 0 Å². The van der Waals surface area contributed by atoms with Crippen molar-refractivity contribution >= 4 is 32.8 Å². The van der Waals surface area contributed by atoms with Gasteiger partial charge < -0.3 is 15.4 Å². The van der Waals surface area contributed by atoms with Gasteiger partial charge in [-0.05, 0) is 19.1 Å². The van der Waals surface area contributed by atoms with Crippen molar-refractivity contribution in [1.29, 1.82) is 0 Å². The maximum Gasteiger partial charge on any atom is 0.325 e. The number of aryl methyl sites for hydroxylation is 1. The first-order valence-corrected chi connectivity index (χ1v) is 5.95. The first-order valence-electron chi connectivity index (χ1n) is 5.16.